The first-order valence-electron chi connectivity index (χ1n) is 7.48. The minimum Gasteiger partial charge on any atom is -0.481 e. The Balaban J connectivity index is 1.64. The van der Waals surface area contributed by atoms with Gasteiger partial charge in [0.1, 0.15) is 11.5 Å². The largest absolute Gasteiger partial charge is 0.481 e. The average molecular weight is 315 g/mol. The number of ether oxygens (including phenoxy) is 1. The molecule has 0 saturated carbocycles. The van der Waals surface area contributed by atoms with Gasteiger partial charge in [0.2, 0.25) is 5.88 Å². The average Bonchev–Trinajstić information content (AvgIpc) is 2.62. The van der Waals surface area contributed by atoms with Gasteiger partial charge in [-0.3, -0.25) is 4.79 Å². The van der Waals surface area contributed by atoms with E-state index < -0.39 is 0 Å². The van der Waals surface area contributed by atoms with Gasteiger partial charge in [-0.25, -0.2) is 9.37 Å². The molecule has 0 unspecified atom stereocenters. The van der Waals surface area contributed by atoms with Gasteiger partial charge in [0.05, 0.1) is 7.11 Å². The second kappa shape index (κ2) is 6.64. The molecule has 0 radical (unpaired) electrons. The van der Waals surface area contributed by atoms with Gasteiger partial charge in [-0.05, 0) is 30.3 Å². The molecule has 1 fully saturated rings. The molecule has 0 aliphatic carbocycles. The van der Waals surface area contributed by atoms with Crippen LogP contribution in [0, 0.1) is 5.82 Å². The molecule has 1 aliphatic rings. The number of pyridine rings is 1. The summed E-state index contributed by atoms with van der Waals surface area (Å²) in [5.41, 5.74) is 1.36. The molecule has 1 aromatic heterocycles. The van der Waals surface area contributed by atoms with Gasteiger partial charge >= 0.3 is 0 Å². The first kappa shape index (κ1) is 15.3. The molecule has 1 aromatic carbocycles. The third-order valence-electron chi connectivity index (χ3n) is 3.91. The normalized spacial score (nSPS) is 14.7. The number of halogens is 1. The van der Waals surface area contributed by atoms with Gasteiger partial charge in [-0.2, -0.15) is 0 Å². The molecule has 3 rings (SSSR count). The summed E-state index contributed by atoms with van der Waals surface area (Å²) >= 11 is 0. The second-order valence-corrected chi connectivity index (χ2v) is 5.32. The molecule has 23 heavy (non-hydrogen) atoms. The maximum atomic E-state index is 13.0. The van der Waals surface area contributed by atoms with Crippen molar-refractivity contribution in [2.75, 3.05) is 38.2 Å². The standard InChI is InChI=1S/C17H18FN3O2/c1-23-16-4-2-3-15(19-16)17(22)21-11-9-20(10-12-21)14-7-5-13(18)6-8-14/h2-8H,9-12H2,1H3. The lowest BCUT2D eigenvalue weighted by Crippen LogP contribution is -2.49. The van der Waals surface area contributed by atoms with Crippen LogP contribution in [0.4, 0.5) is 10.1 Å². The van der Waals surface area contributed by atoms with Crippen molar-refractivity contribution in [2.45, 2.75) is 0 Å². The molecule has 5 nitrogen and oxygen atoms in total. The summed E-state index contributed by atoms with van der Waals surface area (Å²) < 4.78 is 18.0. The SMILES string of the molecule is COc1cccc(C(=O)N2CCN(c3ccc(F)cc3)CC2)n1. The van der Waals surface area contributed by atoms with Gasteiger partial charge in [0.25, 0.3) is 5.91 Å². The Kier molecular flexibility index (Phi) is 4.41. The van der Waals surface area contributed by atoms with E-state index >= 15 is 0 Å². The lowest BCUT2D eigenvalue weighted by molar-refractivity contribution is 0.0740. The quantitative estimate of drug-likeness (QED) is 0.871. The summed E-state index contributed by atoms with van der Waals surface area (Å²) in [7, 11) is 1.53. The smallest absolute Gasteiger partial charge is 0.272 e. The lowest BCUT2D eigenvalue weighted by Gasteiger charge is -2.36. The van der Waals surface area contributed by atoms with Gasteiger partial charge < -0.3 is 14.5 Å². The van der Waals surface area contributed by atoms with Crippen molar-refractivity contribution >= 4 is 11.6 Å². The number of hydrogen-bond acceptors (Lipinski definition) is 4. The third kappa shape index (κ3) is 3.41. The fourth-order valence-corrected chi connectivity index (χ4v) is 2.63. The van der Waals surface area contributed by atoms with Crippen LogP contribution in [0.25, 0.3) is 0 Å². The molecule has 2 heterocycles. The highest BCUT2D eigenvalue weighted by molar-refractivity contribution is 5.92. The van der Waals surface area contributed by atoms with Crippen LogP contribution in [0.3, 0.4) is 0 Å². The molecule has 1 amide bonds. The topological polar surface area (TPSA) is 45.7 Å². The summed E-state index contributed by atoms with van der Waals surface area (Å²) in [6, 6.07) is 11.6. The summed E-state index contributed by atoms with van der Waals surface area (Å²) in [6.45, 7) is 2.63. The van der Waals surface area contributed by atoms with Crippen LogP contribution in [-0.2, 0) is 0 Å². The van der Waals surface area contributed by atoms with Gasteiger partial charge in [0, 0.05) is 37.9 Å². The van der Waals surface area contributed by atoms with E-state index in [9.17, 15) is 9.18 Å². The summed E-state index contributed by atoms with van der Waals surface area (Å²) in [6.07, 6.45) is 0. The van der Waals surface area contributed by atoms with E-state index in [1.165, 1.54) is 19.2 Å². The van der Waals surface area contributed by atoms with Gasteiger partial charge in [-0.1, -0.05) is 6.07 Å². The first-order valence-corrected chi connectivity index (χ1v) is 7.48. The highest BCUT2D eigenvalue weighted by atomic mass is 19.1. The van der Waals surface area contributed by atoms with Crippen molar-refractivity contribution in [1.29, 1.82) is 0 Å². The highest BCUT2D eigenvalue weighted by Gasteiger charge is 2.23. The lowest BCUT2D eigenvalue weighted by atomic mass is 10.2. The molecule has 6 heteroatoms. The van der Waals surface area contributed by atoms with Crippen LogP contribution in [0.15, 0.2) is 42.5 Å². The number of hydrogen-bond donors (Lipinski definition) is 0. The minimum absolute atomic E-state index is 0.0948. The van der Waals surface area contributed by atoms with E-state index in [1.54, 1.807) is 35.2 Å². The molecule has 2 aromatic rings. The Morgan fingerprint density at radius 3 is 2.43 bits per heavy atom. The fourth-order valence-electron chi connectivity index (χ4n) is 2.63. The van der Waals surface area contributed by atoms with Crippen LogP contribution in [0.1, 0.15) is 10.5 Å². The number of carbonyl (C=O) groups excluding carboxylic acids is 1. The van der Waals surface area contributed by atoms with Crippen molar-refractivity contribution in [3.05, 3.63) is 54.0 Å². The van der Waals surface area contributed by atoms with Crippen LogP contribution in [0.2, 0.25) is 0 Å². The van der Waals surface area contributed by atoms with Crippen molar-refractivity contribution in [3.8, 4) is 5.88 Å². The maximum absolute atomic E-state index is 13.0. The molecule has 0 N–H and O–H groups in total. The summed E-state index contributed by atoms with van der Waals surface area (Å²) in [5, 5.41) is 0. The molecule has 0 atom stereocenters. The highest BCUT2D eigenvalue weighted by Crippen LogP contribution is 2.18. The predicted molar refractivity (Wildman–Crippen MR) is 85.3 cm³/mol. The molecular weight excluding hydrogens is 297 g/mol. The second-order valence-electron chi connectivity index (χ2n) is 5.32. The number of amides is 1. The number of piperazine rings is 1. The fraction of sp³-hybridized carbons (Fsp3) is 0.294. The third-order valence-corrected chi connectivity index (χ3v) is 3.91. The first-order chi connectivity index (χ1) is 11.2. The van der Waals surface area contributed by atoms with Crippen molar-refractivity contribution in [1.82, 2.24) is 9.88 Å². The Hall–Kier alpha value is -2.63. The maximum Gasteiger partial charge on any atom is 0.272 e. The number of methoxy groups -OCH3 is 1. The van der Waals surface area contributed by atoms with Crippen molar-refractivity contribution in [3.63, 3.8) is 0 Å². The van der Waals surface area contributed by atoms with E-state index in [0.717, 1.165) is 5.69 Å². The number of carbonyl (C=O) groups is 1. The Morgan fingerprint density at radius 1 is 1.09 bits per heavy atom. The Morgan fingerprint density at radius 2 is 1.78 bits per heavy atom. The van der Waals surface area contributed by atoms with E-state index in [0.29, 0.717) is 37.8 Å². The molecule has 1 aliphatic heterocycles. The summed E-state index contributed by atoms with van der Waals surface area (Å²) in [4.78, 5) is 20.6. The van der Waals surface area contributed by atoms with Crippen molar-refractivity contribution in [2.24, 2.45) is 0 Å². The zero-order valence-corrected chi connectivity index (χ0v) is 12.9. The van der Waals surface area contributed by atoms with Gasteiger partial charge in [-0.15, -0.1) is 0 Å². The van der Waals surface area contributed by atoms with E-state index in [4.69, 9.17) is 4.74 Å². The zero-order valence-electron chi connectivity index (χ0n) is 12.9. The number of nitrogens with zero attached hydrogens (tertiary/aromatic N) is 3. The van der Waals surface area contributed by atoms with E-state index in [2.05, 4.69) is 9.88 Å². The molecule has 1 saturated heterocycles. The zero-order chi connectivity index (χ0) is 16.2. The van der Waals surface area contributed by atoms with Gasteiger partial charge in [0.15, 0.2) is 0 Å². The number of rotatable bonds is 3. The number of aromatic nitrogens is 1. The minimum atomic E-state index is -0.244. The molecular formula is C17H18FN3O2. The monoisotopic (exact) mass is 315 g/mol. The number of anilines is 1. The predicted octanol–water partition coefficient (Wildman–Crippen LogP) is 2.19. The Bertz CT molecular complexity index is 682. The van der Waals surface area contributed by atoms with E-state index in [-0.39, 0.29) is 11.7 Å². The Labute approximate surface area is 134 Å². The molecule has 0 bridgehead atoms. The van der Waals surface area contributed by atoms with Crippen LogP contribution in [0.5, 0.6) is 5.88 Å². The van der Waals surface area contributed by atoms with Crippen LogP contribution in [-0.4, -0.2) is 49.1 Å². The summed E-state index contributed by atoms with van der Waals surface area (Å²) in [5.74, 6) is 0.0927. The van der Waals surface area contributed by atoms with E-state index in [1.807, 2.05) is 0 Å². The van der Waals surface area contributed by atoms with Crippen LogP contribution >= 0.6 is 0 Å². The molecule has 0 spiro atoms. The van der Waals surface area contributed by atoms with Crippen molar-refractivity contribution < 1.29 is 13.9 Å². The van der Waals surface area contributed by atoms with Crippen LogP contribution < -0.4 is 9.64 Å². The molecule has 120 valence electrons. The number of benzene rings is 1.